The van der Waals surface area contributed by atoms with Crippen LogP contribution in [0.1, 0.15) is 40.4 Å². The molecule has 0 saturated heterocycles. The molecule has 1 aliphatic heterocycles. The highest BCUT2D eigenvalue weighted by atomic mass is 15.1. The summed E-state index contributed by atoms with van der Waals surface area (Å²) in [5, 5.41) is 1.50. The Morgan fingerprint density at radius 1 is 0.962 bits per heavy atom. The van der Waals surface area contributed by atoms with Crippen LogP contribution in [0, 0.1) is 20.8 Å². The minimum absolute atomic E-state index is 0.602. The van der Waals surface area contributed by atoms with E-state index >= 15 is 0 Å². The van der Waals surface area contributed by atoms with Crippen LogP contribution in [-0.4, -0.2) is 22.6 Å². The molecule has 0 aliphatic carbocycles. The lowest BCUT2D eigenvalue weighted by atomic mass is 9.97. The molecule has 4 rings (SSSR count). The van der Waals surface area contributed by atoms with Crippen LogP contribution in [0.5, 0.6) is 0 Å². The van der Waals surface area contributed by atoms with E-state index in [1.165, 1.54) is 33.2 Å². The number of aryl methyl sites for hydroxylation is 5. The van der Waals surface area contributed by atoms with Crippen molar-refractivity contribution in [3.05, 3.63) is 69.9 Å². The van der Waals surface area contributed by atoms with Gasteiger partial charge in [0, 0.05) is 36.6 Å². The van der Waals surface area contributed by atoms with Gasteiger partial charge in [-0.25, -0.2) is 0 Å². The van der Waals surface area contributed by atoms with Gasteiger partial charge in [0.1, 0.15) is 0 Å². The Hall–Kier alpha value is -2.06. The number of benzene rings is 2. The summed E-state index contributed by atoms with van der Waals surface area (Å²) in [5.41, 5.74) is 10.3. The second-order valence-corrected chi connectivity index (χ2v) is 8.14. The standard InChI is InChI=1S/C24H30N2/c1-16-8-6-7-9-20(16)12-13-26-22-14-19(4)25(5)15-21(22)23-17(2)10-11-18(3)24(23)26/h6-11,19H,12-15H2,1-5H3. The van der Waals surface area contributed by atoms with Crippen molar-refractivity contribution in [3.63, 3.8) is 0 Å². The smallest absolute Gasteiger partial charge is 0.0518 e. The quantitative estimate of drug-likeness (QED) is 0.634. The van der Waals surface area contributed by atoms with Gasteiger partial charge in [0.05, 0.1) is 5.52 Å². The predicted octanol–water partition coefficient (Wildman–Crippen LogP) is 5.19. The monoisotopic (exact) mass is 346 g/mol. The number of nitrogens with zero attached hydrogens (tertiary/aromatic N) is 2. The lowest BCUT2D eigenvalue weighted by molar-refractivity contribution is 0.228. The van der Waals surface area contributed by atoms with Crippen molar-refractivity contribution in [2.45, 2.75) is 59.7 Å². The van der Waals surface area contributed by atoms with Gasteiger partial charge in [-0.3, -0.25) is 4.90 Å². The normalized spacial score (nSPS) is 17.7. The summed E-state index contributed by atoms with van der Waals surface area (Å²) in [7, 11) is 2.26. The van der Waals surface area contributed by atoms with E-state index in [9.17, 15) is 0 Å². The molecule has 0 radical (unpaired) electrons. The first-order chi connectivity index (χ1) is 12.5. The van der Waals surface area contributed by atoms with Crippen LogP contribution in [0.2, 0.25) is 0 Å². The van der Waals surface area contributed by atoms with Gasteiger partial charge in [0.15, 0.2) is 0 Å². The van der Waals surface area contributed by atoms with E-state index in [0.717, 1.165) is 25.9 Å². The van der Waals surface area contributed by atoms with Crippen LogP contribution < -0.4 is 0 Å². The molecule has 1 aliphatic rings. The van der Waals surface area contributed by atoms with Crippen LogP contribution in [0.4, 0.5) is 0 Å². The molecule has 0 amide bonds. The van der Waals surface area contributed by atoms with E-state index in [0.29, 0.717) is 6.04 Å². The summed E-state index contributed by atoms with van der Waals surface area (Å²) in [4.78, 5) is 2.50. The average Bonchev–Trinajstić information content (AvgIpc) is 2.93. The predicted molar refractivity (Wildman–Crippen MR) is 111 cm³/mol. The van der Waals surface area contributed by atoms with Crippen LogP contribution in [-0.2, 0) is 25.9 Å². The van der Waals surface area contributed by atoms with E-state index < -0.39 is 0 Å². The van der Waals surface area contributed by atoms with Crippen LogP contribution >= 0.6 is 0 Å². The maximum absolute atomic E-state index is 2.64. The zero-order valence-corrected chi connectivity index (χ0v) is 16.8. The van der Waals surface area contributed by atoms with Crippen LogP contribution in [0.15, 0.2) is 36.4 Å². The first kappa shape index (κ1) is 17.4. The fraction of sp³-hybridized carbons (Fsp3) is 0.417. The molecule has 0 N–H and O–H groups in total. The van der Waals surface area contributed by atoms with Crippen molar-refractivity contribution in [3.8, 4) is 0 Å². The minimum Gasteiger partial charge on any atom is -0.344 e. The zero-order valence-electron chi connectivity index (χ0n) is 16.8. The molecule has 3 aromatic rings. The molecule has 2 aromatic carbocycles. The van der Waals surface area contributed by atoms with Gasteiger partial charge >= 0.3 is 0 Å². The third kappa shape index (κ3) is 2.77. The number of likely N-dealkylation sites (N-methyl/N-ethyl adjacent to an activating group) is 1. The van der Waals surface area contributed by atoms with E-state index in [2.05, 4.69) is 80.6 Å². The lowest BCUT2D eigenvalue weighted by Gasteiger charge is -2.31. The van der Waals surface area contributed by atoms with Gasteiger partial charge in [-0.05, 0) is 69.0 Å². The first-order valence-electron chi connectivity index (χ1n) is 9.82. The SMILES string of the molecule is Cc1ccccc1CCn1c2c(c3c(C)ccc(C)c31)CN(C)C(C)C2. The molecule has 26 heavy (non-hydrogen) atoms. The van der Waals surface area contributed by atoms with E-state index in [-0.39, 0.29) is 0 Å². The number of rotatable bonds is 3. The molecule has 1 atom stereocenters. The largest absolute Gasteiger partial charge is 0.344 e. The van der Waals surface area contributed by atoms with Gasteiger partial charge in [0.2, 0.25) is 0 Å². The first-order valence-corrected chi connectivity index (χ1v) is 9.82. The molecular formula is C24H30N2. The number of hydrogen-bond donors (Lipinski definition) is 0. The highest BCUT2D eigenvalue weighted by Gasteiger charge is 2.27. The van der Waals surface area contributed by atoms with Crippen molar-refractivity contribution < 1.29 is 0 Å². The molecule has 0 bridgehead atoms. The Morgan fingerprint density at radius 2 is 1.69 bits per heavy atom. The van der Waals surface area contributed by atoms with Crippen LogP contribution in [0.25, 0.3) is 10.9 Å². The Labute approximate surface area is 157 Å². The molecule has 0 fully saturated rings. The molecule has 2 heteroatoms. The second kappa shape index (κ2) is 6.59. The summed E-state index contributed by atoms with van der Waals surface area (Å²) in [6.07, 6.45) is 2.24. The minimum atomic E-state index is 0.602. The van der Waals surface area contributed by atoms with Crippen molar-refractivity contribution in [2.75, 3.05) is 7.05 Å². The number of hydrogen-bond acceptors (Lipinski definition) is 1. The van der Waals surface area contributed by atoms with Crippen molar-refractivity contribution in [1.82, 2.24) is 9.47 Å². The topological polar surface area (TPSA) is 8.17 Å². The molecule has 2 heterocycles. The average molecular weight is 347 g/mol. The summed E-state index contributed by atoms with van der Waals surface area (Å²) in [6.45, 7) is 11.2. The molecule has 1 aromatic heterocycles. The summed E-state index contributed by atoms with van der Waals surface area (Å²) in [6, 6.07) is 14.0. The Balaban J connectivity index is 1.84. The Kier molecular flexibility index (Phi) is 4.40. The molecular weight excluding hydrogens is 316 g/mol. The lowest BCUT2D eigenvalue weighted by Crippen LogP contribution is -2.35. The van der Waals surface area contributed by atoms with Gasteiger partial charge in [0.25, 0.3) is 0 Å². The van der Waals surface area contributed by atoms with Crippen molar-refractivity contribution in [1.29, 1.82) is 0 Å². The molecule has 1 unspecified atom stereocenters. The maximum atomic E-state index is 2.64. The third-order valence-electron chi connectivity index (χ3n) is 6.35. The summed E-state index contributed by atoms with van der Waals surface area (Å²) >= 11 is 0. The Morgan fingerprint density at radius 3 is 2.46 bits per heavy atom. The van der Waals surface area contributed by atoms with Crippen molar-refractivity contribution >= 4 is 10.9 Å². The van der Waals surface area contributed by atoms with Crippen LogP contribution in [0.3, 0.4) is 0 Å². The van der Waals surface area contributed by atoms with Gasteiger partial charge in [-0.1, -0.05) is 36.4 Å². The van der Waals surface area contributed by atoms with Gasteiger partial charge in [-0.2, -0.15) is 0 Å². The third-order valence-corrected chi connectivity index (χ3v) is 6.35. The Bertz CT molecular complexity index is 964. The zero-order chi connectivity index (χ0) is 18.4. The van der Waals surface area contributed by atoms with Gasteiger partial charge < -0.3 is 4.57 Å². The molecule has 0 saturated carbocycles. The fourth-order valence-corrected chi connectivity index (χ4v) is 4.58. The number of fused-ring (bicyclic) bond motifs is 3. The molecule has 136 valence electrons. The second-order valence-electron chi connectivity index (χ2n) is 8.14. The number of aromatic nitrogens is 1. The maximum Gasteiger partial charge on any atom is 0.0518 e. The van der Waals surface area contributed by atoms with Crippen molar-refractivity contribution in [2.24, 2.45) is 0 Å². The summed E-state index contributed by atoms with van der Waals surface area (Å²) in [5.74, 6) is 0. The molecule has 0 spiro atoms. The highest BCUT2D eigenvalue weighted by molar-refractivity contribution is 5.91. The highest BCUT2D eigenvalue weighted by Crippen LogP contribution is 2.36. The van der Waals surface area contributed by atoms with E-state index in [1.807, 2.05) is 0 Å². The van der Waals surface area contributed by atoms with E-state index in [4.69, 9.17) is 0 Å². The van der Waals surface area contributed by atoms with E-state index in [1.54, 1.807) is 11.3 Å². The fourth-order valence-electron chi connectivity index (χ4n) is 4.58. The summed E-state index contributed by atoms with van der Waals surface area (Å²) < 4.78 is 2.64. The molecule has 2 nitrogen and oxygen atoms in total. The van der Waals surface area contributed by atoms with Gasteiger partial charge in [-0.15, -0.1) is 0 Å².